The highest BCUT2D eigenvalue weighted by molar-refractivity contribution is 5.92. The molecule has 0 radical (unpaired) electrons. The molecule has 2 heterocycles. The van der Waals surface area contributed by atoms with E-state index in [9.17, 15) is 9.59 Å². The standard InChI is InChI=1S/C12H18N4O3/c1-2-3-9-4-5-15(6-9)12(19)10-7-16(14-13-10)8-11(17)18/h7,9H,2-6,8H2,1H3,(H,17,18). The molecule has 7 heteroatoms. The maximum Gasteiger partial charge on any atom is 0.325 e. The first-order valence-corrected chi connectivity index (χ1v) is 6.51. The molecule has 0 saturated carbocycles. The number of hydrogen-bond acceptors (Lipinski definition) is 4. The number of nitrogens with zero attached hydrogens (tertiary/aromatic N) is 4. The summed E-state index contributed by atoms with van der Waals surface area (Å²) in [6, 6.07) is 0. The predicted molar refractivity (Wildman–Crippen MR) is 66.6 cm³/mol. The number of likely N-dealkylation sites (tertiary alicyclic amines) is 1. The van der Waals surface area contributed by atoms with Crippen molar-refractivity contribution >= 4 is 11.9 Å². The molecule has 1 atom stereocenters. The van der Waals surface area contributed by atoms with Crippen LogP contribution in [0.5, 0.6) is 0 Å². The molecule has 0 aliphatic carbocycles. The van der Waals surface area contributed by atoms with Gasteiger partial charge in [-0.1, -0.05) is 18.6 Å². The zero-order valence-electron chi connectivity index (χ0n) is 10.9. The Morgan fingerprint density at radius 3 is 3.00 bits per heavy atom. The zero-order valence-corrected chi connectivity index (χ0v) is 10.9. The van der Waals surface area contributed by atoms with E-state index in [1.807, 2.05) is 0 Å². The third-order valence-electron chi connectivity index (χ3n) is 3.33. The molecule has 19 heavy (non-hydrogen) atoms. The van der Waals surface area contributed by atoms with Gasteiger partial charge in [-0.2, -0.15) is 0 Å². The summed E-state index contributed by atoms with van der Waals surface area (Å²) in [4.78, 5) is 24.5. The van der Waals surface area contributed by atoms with E-state index in [2.05, 4.69) is 17.2 Å². The first-order chi connectivity index (χ1) is 9.10. The van der Waals surface area contributed by atoms with Crippen LogP contribution in [0.1, 0.15) is 36.7 Å². The van der Waals surface area contributed by atoms with Gasteiger partial charge >= 0.3 is 5.97 Å². The van der Waals surface area contributed by atoms with Crippen LogP contribution in [0, 0.1) is 5.92 Å². The number of carbonyl (C=O) groups is 2. The van der Waals surface area contributed by atoms with Gasteiger partial charge in [-0.05, 0) is 18.8 Å². The molecular weight excluding hydrogens is 248 g/mol. The van der Waals surface area contributed by atoms with Gasteiger partial charge in [0, 0.05) is 13.1 Å². The Hall–Kier alpha value is -1.92. The summed E-state index contributed by atoms with van der Waals surface area (Å²) in [6.07, 6.45) is 4.68. The lowest BCUT2D eigenvalue weighted by molar-refractivity contribution is -0.137. The smallest absolute Gasteiger partial charge is 0.325 e. The predicted octanol–water partition coefficient (Wildman–Crippen LogP) is 0.625. The maximum absolute atomic E-state index is 12.2. The largest absolute Gasteiger partial charge is 0.480 e. The average Bonchev–Trinajstić information content (AvgIpc) is 2.97. The summed E-state index contributed by atoms with van der Waals surface area (Å²) in [7, 11) is 0. The van der Waals surface area contributed by atoms with Gasteiger partial charge in [-0.3, -0.25) is 9.59 Å². The van der Waals surface area contributed by atoms with Crippen LogP contribution in [-0.4, -0.2) is 50.0 Å². The van der Waals surface area contributed by atoms with Gasteiger partial charge in [-0.15, -0.1) is 5.10 Å². The normalized spacial score (nSPS) is 18.8. The summed E-state index contributed by atoms with van der Waals surface area (Å²) in [6.45, 7) is 3.37. The Morgan fingerprint density at radius 2 is 2.32 bits per heavy atom. The Bertz CT molecular complexity index is 471. The van der Waals surface area contributed by atoms with E-state index in [0.29, 0.717) is 5.92 Å². The molecule has 1 amide bonds. The number of aromatic nitrogens is 3. The number of carboxylic acids is 1. The molecule has 1 saturated heterocycles. The molecule has 2 rings (SSSR count). The molecule has 0 spiro atoms. The minimum Gasteiger partial charge on any atom is -0.480 e. The second kappa shape index (κ2) is 5.81. The van der Waals surface area contributed by atoms with Crippen molar-refractivity contribution in [2.45, 2.75) is 32.7 Å². The van der Waals surface area contributed by atoms with Crippen molar-refractivity contribution in [3.05, 3.63) is 11.9 Å². The highest BCUT2D eigenvalue weighted by Gasteiger charge is 2.27. The molecule has 0 bridgehead atoms. The number of carbonyl (C=O) groups excluding carboxylic acids is 1. The molecule has 1 aliphatic rings. The van der Waals surface area contributed by atoms with E-state index in [-0.39, 0.29) is 18.1 Å². The summed E-state index contributed by atoms with van der Waals surface area (Å²) in [5.74, 6) is -0.591. The van der Waals surface area contributed by atoms with E-state index in [1.54, 1.807) is 4.90 Å². The van der Waals surface area contributed by atoms with Gasteiger partial charge in [0.15, 0.2) is 5.69 Å². The highest BCUT2D eigenvalue weighted by atomic mass is 16.4. The van der Waals surface area contributed by atoms with Gasteiger partial charge in [0.1, 0.15) is 6.54 Å². The zero-order chi connectivity index (χ0) is 13.8. The van der Waals surface area contributed by atoms with Crippen LogP contribution in [0.25, 0.3) is 0 Å². The van der Waals surface area contributed by atoms with E-state index >= 15 is 0 Å². The topological polar surface area (TPSA) is 88.3 Å². The molecule has 1 aromatic rings. The third-order valence-corrected chi connectivity index (χ3v) is 3.33. The van der Waals surface area contributed by atoms with Gasteiger partial charge < -0.3 is 10.0 Å². The minimum atomic E-state index is -1.01. The number of hydrogen-bond donors (Lipinski definition) is 1. The lowest BCUT2D eigenvalue weighted by Gasteiger charge is -2.14. The SMILES string of the molecule is CCCC1CCN(C(=O)c2cn(CC(=O)O)nn2)C1. The Balaban J connectivity index is 1.96. The van der Waals surface area contributed by atoms with Gasteiger partial charge in [0.2, 0.25) is 0 Å². The fourth-order valence-electron chi connectivity index (χ4n) is 2.44. The van der Waals surface area contributed by atoms with Crippen LogP contribution in [-0.2, 0) is 11.3 Å². The lowest BCUT2D eigenvalue weighted by Crippen LogP contribution is -2.29. The van der Waals surface area contributed by atoms with Crippen molar-refractivity contribution in [2.75, 3.05) is 13.1 Å². The van der Waals surface area contributed by atoms with Crippen molar-refractivity contribution in [1.82, 2.24) is 19.9 Å². The van der Waals surface area contributed by atoms with E-state index in [0.717, 1.165) is 37.0 Å². The molecule has 1 unspecified atom stereocenters. The van der Waals surface area contributed by atoms with Crippen molar-refractivity contribution in [3.8, 4) is 0 Å². The Kier molecular flexibility index (Phi) is 4.13. The molecule has 1 fully saturated rings. The van der Waals surface area contributed by atoms with Crippen molar-refractivity contribution in [1.29, 1.82) is 0 Å². The fraction of sp³-hybridized carbons (Fsp3) is 0.667. The van der Waals surface area contributed by atoms with Crippen LogP contribution in [0.2, 0.25) is 0 Å². The van der Waals surface area contributed by atoms with Crippen LogP contribution in [0.3, 0.4) is 0 Å². The first-order valence-electron chi connectivity index (χ1n) is 6.51. The van der Waals surface area contributed by atoms with Crippen LogP contribution >= 0.6 is 0 Å². The molecule has 7 nitrogen and oxygen atoms in total. The van der Waals surface area contributed by atoms with Crippen molar-refractivity contribution < 1.29 is 14.7 Å². The summed E-state index contributed by atoms with van der Waals surface area (Å²) in [5, 5.41) is 16.0. The summed E-state index contributed by atoms with van der Waals surface area (Å²) in [5.41, 5.74) is 0.221. The van der Waals surface area contributed by atoms with Crippen LogP contribution in [0.15, 0.2) is 6.20 Å². The number of aliphatic carboxylic acids is 1. The van der Waals surface area contributed by atoms with E-state index < -0.39 is 5.97 Å². The summed E-state index contributed by atoms with van der Waals surface area (Å²) >= 11 is 0. The van der Waals surface area contributed by atoms with Gasteiger partial charge in [0.25, 0.3) is 5.91 Å². The fourth-order valence-corrected chi connectivity index (χ4v) is 2.44. The molecule has 0 aromatic carbocycles. The molecule has 1 aromatic heterocycles. The van der Waals surface area contributed by atoms with Crippen LogP contribution < -0.4 is 0 Å². The number of amides is 1. The minimum absolute atomic E-state index is 0.157. The Morgan fingerprint density at radius 1 is 1.53 bits per heavy atom. The second-order valence-electron chi connectivity index (χ2n) is 4.89. The van der Waals surface area contributed by atoms with E-state index in [1.165, 1.54) is 6.20 Å². The number of carboxylic acid groups (broad SMARTS) is 1. The maximum atomic E-state index is 12.2. The Labute approximate surface area is 111 Å². The number of rotatable bonds is 5. The highest BCUT2D eigenvalue weighted by Crippen LogP contribution is 2.21. The average molecular weight is 266 g/mol. The monoisotopic (exact) mass is 266 g/mol. The van der Waals surface area contributed by atoms with Crippen molar-refractivity contribution in [2.24, 2.45) is 5.92 Å². The molecule has 104 valence electrons. The van der Waals surface area contributed by atoms with Crippen molar-refractivity contribution in [3.63, 3.8) is 0 Å². The lowest BCUT2D eigenvalue weighted by atomic mass is 10.0. The van der Waals surface area contributed by atoms with E-state index in [4.69, 9.17) is 5.11 Å². The second-order valence-corrected chi connectivity index (χ2v) is 4.89. The molecule has 1 N–H and O–H groups in total. The van der Waals surface area contributed by atoms with Gasteiger partial charge in [0.05, 0.1) is 6.20 Å². The van der Waals surface area contributed by atoms with Crippen LogP contribution in [0.4, 0.5) is 0 Å². The first kappa shape index (κ1) is 13.5. The third kappa shape index (κ3) is 3.30. The summed E-state index contributed by atoms with van der Waals surface area (Å²) < 4.78 is 1.16. The molecular formula is C12H18N4O3. The molecule has 1 aliphatic heterocycles. The quantitative estimate of drug-likeness (QED) is 0.844. The van der Waals surface area contributed by atoms with Gasteiger partial charge in [-0.25, -0.2) is 4.68 Å².